The Bertz CT molecular complexity index is 778. The summed E-state index contributed by atoms with van der Waals surface area (Å²) in [6.07, 6.45) is 7.47. The van der Waals surface area contributed by atoms with Crippen molar-refractivity contribution in [2.75, 3.05) is 26.2 Å². The van der Waals surface area contributed by atoms with E-state index < -0.39 is 0 Å². The highest BCUT2D eigenvalue weighted by Gasteiger charge is 2.55. The van der Waals surface area contributed by atoms with Gasteiger partial charge in [0, 0.05) is 29.7 Å². The zero-order chi connectivity index (χ0) is 19.5. The average Bonchev–Trinajstić information content (AvgIpc) is 2.68. The summed E-state index contributed by atoms with van der Waals surface area (Å²) in [6, 6.07) is 5.92. The minimum absolute atomic E-state index is 0.0626. The van der Waals surface area contributed by atoms with Gasteiger partial charge in [-0.25, -0.2) is 0 Å². The first-order chi connectivity index (χ1) is 13.4. The Morgan fingerprint density at radius 3 is 2.04 bits per heavy atom. The van der Waals surface area contributed by atoms with Crippen LogP contribution in [0.3, 0.4) is 0 Å². The van der Waals surface area contributed by atoms with Crippen LogP contribution in [0.4, 0.5) is 0 Å². The average molecular weight is 492 g/mol. The summed E-state index contributed by atoms with van der Waals surface area (Å²) in [5.41, 5.74) is 1.87. The van der Waals surface area contributed by atoms with Crippen LogP contribution in [0.2, 0.25) is 0 Å². The molecular weight excluding hydrogens is 463 g/mol. The van der Waals surface area contributed by atoms with E-state index in [9.17, 15) is 9.59 Å². The summed E-state index contributed by atoms with van der Waals surface area (Å²) < 4.78 is 1.04. The van der Waals surface area contributed by atoms with Gasteiger partial charge in [-0.1, -0.05) is 12.1 Å². The minimum Gasteiger partial charge on any atom is -0.339 e. The first-order valence-corrected chi connectivity index (χ1v) is 11.9. The van der Waals surface area contributed by atoms with E-state index in [1.165, 1.54) is 19.3 Å². The number of hydrogen-bond donors (Lipinski definition) is 0. The second-order valence-corrected chi connectivity index (χ2v) is 10.8. The molecule has 28 heavy (non-hydrogen) atoms. The normalized spacial score (nSPS) is 34.0. The van der Waals surface area contributed by atoms with Crippen molar-refractivity contribution in [2.45, 2.75) is 45.4 Å². The van der Waals surface area contributed by atoms with Crippen molar-refractivity contribution >= 4 is 34.4 Å². The molecule has 4 saturated carbocycles. The van der Waals surface area contributed by atoms with Gasteiger partial charge in [0.25, 0.3) is 5.91 Å². The molecule has 6 rings (SSSR count). The van der Waals surface area contributed by atoms with E-state index in [-0.39, 0.29) is 11.3 Å². The summed E-state index contributed by atoms with van der Waals surface area (Å²) in [5.74, 6) is 2.89. The summed E-state index contributed by atoms with van der Waals surface area (Å²) in [4.78, 5) is 30.5. The third kappa shape index (κ3) is 3.08. The lowest BCUT2D eigenvalue weighted by atomic mass is 9.49. The molecule has 0 spiro atoms. The molecular formula is C23H29IN2O2. The molecule has 150 valence electrons. The Hall–Kier alpha value is -1.11. The van der Waals surface area contributed by atoms with Gasteiger partial charge in [-0.15, -0.1) is 0 Å². The molecule has 1 aromatic rings. The minimum atomic E-state index is -0.0626. The van der Waals surface area contributed by atoms with Crippen molar-refractivity contribution < 1.29 is 9.59 Å². The fraction of sp³-hybridized carbons (Fsp3) is 0.652. The molecule has 1 heterocycles. The van der Waals surface area contributed by atoms with Crippen LogP contribution >= 0.6 is 22.6 Å². The Morgan fingerprint density at radius 1 is 0.929 bits per heavy atom. The number of carbonyl (C=O) groups is 2. The standard InChI is InChI=1S/C23H29IN2O2/c1-15-3-2-4-19(20(15)24)21(27)25-5-7-26(8-6-25)22(28)23-12-16-9-17(13-23)11-18(10-16)14-23/h2-4,16-18H,5-14H2,1H3. The number of carbonyl (C=O) groups excluding carboxylic acids is 2. The van der Waals surface area contributed by atoms with Gasteiger partial charge in [-0.2, -0.15) is 0 Å². The molecule has 4 nitrogen and oxygen atoms in total. The van der Waals surface area contributed by atoms with Crippen molar-refractivity contribution in [3.8, 4) is 0 Å². The quantitative estimate of drug-likeness (QED) is 0.584. The smallest absolute Gasteiger partial charge is 0.255 e. The maximum Gasteiger partial charge on any atom is 0.255 e. The lowest BCUT2D eigenvalue weighted by molar-refractivity contribution is -0.159. The first kappa shape index (κ1) is 18.9. The highest BCUT2D eigenvalue weighted by atomic mass is 127. The molecule has 5 heteroatoms. The van der Waals surface area contributed by atoms with Crippen LogP contribution in [0, 0.1) is 33.7 Å². The summed E-state index contributed by atoms with van der Waals surface area (Å²) >= 11 is 2.27. The molecule has 0 radical (unpaired) electrons. The third-order valence-corrected chi connectivity index (χ3v) is 9.20. The second kappa shape index (κ2) is 6.99. The van der Waals surface area contributed by atoms with E-state index >= 15 is 0 Å². The first-order valence-electron chi connectivity index (χ1n) is 10.8. The van der Waals surface area contributed by atoms with Gasteiger partial charge in [0.05, 0.1) is 11.0 Å². The van der Waals surface area contributed by atoms with Crippen LogP contribution < -0.4 is 0 Å². The van der Waals surface area contributed by atoms with Crippen LogP contribution in [0.25, 0.3) is 0 Å². The molecule has 1 saturated heterocycles. The highest BCUT2D eigenvalue weighted by Crippen LogP contribution is 2.60. The summed E-state index contributed by atoms with van der Waals surface area (Å²) in [6.45, 7) is 4.73. The van der Waals surface area contributed by atoms with Gasteiger partial charge < -0.3 is 9.80 Å². The van der Waals surface area contributed by atoms with Gasteiger partial charge in [0.2, 0.25) is 5.91 Å². The Labute approximate surface area is 181 Å². The zero-order valence-corrected chi connectivity index (χ0v) is 18.8. The number of nitrogens with zero attached hydrogens (tertiary/aromatic N) is 2. The number of aryl methyl sites for hydroxylation is 1. The van der Waals surface area contributed by atoms with E-state index in [1.54, 1.807) is 0 Å². The largest absolute Gasteiger partial charge is 0.339 e. The molecule has 4 bridgehead atoms. The maximum atomic E-state index is 13.5. The van der Waals surface area contributed by atoms with Gasteiger partial charge in [-0.05, 0) is 97.4 Å². The van der Waals surface area contributed by atoms with Crippen molar-refractivity contribution in [1.82, 2.24) is 9.80 Å². The van der Waals surface area contributed by atoms with Crippen LogP contribution in [-0.2, 0) is 4.79 Å². The second-order valence-electron chi connectivity index (χ2n) is 9.72. The molecule has 5 fully saturated rings. The topological polar surface area (TPSA) is 40.6 Å². The predicted molar refractivity (Wildman–Crippen MR) is 117 cm³/mol. The van der Waals surface area contributed by atoms with Crippen molar-refractivity contribution in [2.24, 2.45) is 23.2 Å². The van der Waals surface area contributed by atoms with Crippen molar-refractivity contribution in [1.29, 1.82) is 0 Å². The monoisotopic (exact) mass is 492 g/mol. The van der Waals surface area contributed by atoms with Gasteiger partial charge >= 0.3 is 0 Å². The number of halogens is 1. The molecule has 5 aliphatic rings. The van der Waals surface area contributed by atoms with Gasteiger partial charge in [0.1, 0.15) is 0 Å². The van der Waals surface area contributed by atoms with Crippen LogP contribution in [0.1, 0.15) is 54.4 Å². The SMILES string of the molecule is Cc1cccc(C(=O)N2CCN(C(=O)C34CC5CC(CC(C5)C3)C4)CC2)c1I. The molecule has 2 amide bonds. The Kier molecular flexibility index (Phi) is 4.72. The van der Waals surface area contributed by atoms with Gasteiger partial charge in [0.15, 0.2) is 0 Å². The van der Waals surface area contributed by atoms with E-state index in [4.69, 9.17) is 0 Å². The van der Waals surface area contributed by atoms with Crippen molar-refractivity contribution in [3.63, 3.8) is 0 Å². The number of rotatable bonds is 2. The van der Waals surface area contributed by atoms with E-state index in [2.05, 4.69) is 27.5 Å². The zero-order valence-electron chi connectivity index (χ0n) is 16.6. The highest BCUT2D eigenvalue weighted by molar-refractivity contribution is 14.1. The molecule has 1 aliphatic heterocycles. The Morgan fingerprint density at radius 2 is 1.46 bits per heavy atom. The molecule has 0 aromatic heterocycles. The third-order valence-electron chi connectivity index (χ3n) is 7.77. The van der Waals surface area contributed by atoms with Crippen LogP contribution in [0.5, 0.6) is 0 Å². The van der Waals surface area contributed by atoms with Crippen molar-refractivity contribution in [3.05, 3.63) is 32.9 Å². The molecule has 0 N–H and O–H groups in total. The lowest BCUT2D eigenvalue weighted by Gasteiger charge is -2.57. The molecule has 0 unspecified atom stereocenters. The molecule has 0 atom stereocenters. The predicted octanol–water partition coefficient (Wildman–Crippen LogP) is 4.10. The maximum absolute atomic E-state index is 13.5. The summed E-state index contributed by atoms with van der Waals surface area (Å²) in [5, 5.41) is 0. The van der Waals surface area contributed by atoms with E-state index in [0.717, 1.165) is 51.7 Å². The fourth-order valence-electron chi connectivity index (χ4n) is 6.80. The molecule has 4 aliphatic carbocycles. The number of hydrogen-bond acceptors (Lipinski definition) is 2. The van der Waals surface area contributed by atoms with Crippen LogP contribution in [-0.4, -0.2) is 47.8 Å². The summed E-state index contributed by atoms with van der Waals surface area (Å²) in [7, 11) is 0. The number of benzene rings is 1. The Balaban J connectivity index is 1.25. The fourth-order valence-corrected chi connectivity index (χ4v) is 7.39. The van der Waals surface area contributed by atoms with E-state index in [1.807, 2.05) is 30.0 Å². The van der Waals surface area contributed by atoms with Gasteiger partial charge in [-0.3, -0.25) is 9.59 Å². The lowest BCUT2D eigenvalue weighted by Crippen LogP contribution is -2.58. The van der Waals surface area contributed by atoms with E-state index in [0.29, 0.717) is 32.1 Å². The molecule has 1 aromatic carbocycles. The number of piperazine rings is 1. The van der Waals surface area contributed by atoms with Crippen LogP contribution in [0.15, 0.2) is 18.2 Å². The number of amides is 2.